The van der Waals surface area contributed by atoms with Crippen LogP contribution in [0.25, 0.3) is 66.9 Å². The molecular formula is C85H100Co14N18O10S. The van der Waals surface area contributed by atoms with Crippen LogP contribution in [0.15, 0.2) is 165 Å². The molecule has 15 rings (SSSR count). The Morgan fingerprint density at radius 2 is 0.797 bits per heavy atom. The predicted molar refractivity (Wildman–Crippen MR) is 447 cm³/mol. The molecular weight excluding hydrogens is 2290 g/mol. The molecule has 6 aromatic heterocycles. The third-order valence-corrected chi connectivity index (χ3v) is 20.3. The number of ketones is 1. The summed E-state index contributed by atoms with van der Waals surface area (Å²) in [4.78, 5) is 75.6. The van der Waals surface area contributed by atoms with E-state index in [9.17, 15) is 14.4 Å². The molecule has 3 fully saturated rings. The molecule has 12 aromatic rings. The zero-order chi connectivity index (χ0) is 79.7. The van der Waals surface area contributed by atoms with Crippen LogP contribution in [0.5, 0.6) is 34.5 Å². The van der Waals surface area contributed by atoms with Crippen LogP contribution < -0.4 is 53.8 Å². The number of likely N-dealkylation sites (tertiary alicyclic amines) is 1. The van der Waals surface area contributed by atoms with Crippen LogP contribution >= 0.6 is 13.5 Å². The first-order chi connectivity index (χ1) is 54.5. The van der Waals surface area contributed by atoms with Gasteiger partial charge in [-0.25, -0.2) is 19.7 Å². The van der Waals surface area contributed by atoms with Crippen LogP contribution in [0.1, 0.15) is 73.1 Å². The SMILES string of the molecule is CNC(=O)CN(c1cc(OC)cc(OC)c1)c1ccc2ncc(-c3cnn(C)c3)nc2c1.COc1cc(OC)cc(N(CC2CC2)c2ccc3ncc(-c4cnn(C(C)(C)C(=O)C5CCNCC5)c4)nc3c2)c1.COc1cc(OC)cc(N(C[C@@H]2CCCN2C(=O)OC(C)(C)C)c2ccc3ncc(-c4cnn(C)c4)nc3c2)c1.S.[Co].[Co].[Co].[Co].[Co].[Co].[Co].[Co].[Co].[Co].[Co].[Co].[Co].[Co]. The van der Waals surface area contributed by atoms with Crippen molar-refractivity contribution < 1.29 is 282 Å². The van der Waals surface area contributed by atoms with Crippen LogP contribution in [0.2, 0.25) is 0 Å². The number of anilines is 6. The van der Waals surface area contributed by atoms with Gasteiger partial charge in [0.15, 0.2) is 5.78 Å². The van der Waals surface area contributed by atoms with Crippen molar-refractivity contribution in [2.24, 2.45) is 25.9 Å². The molecule has 2 aliphatic heterocycles. The Hall–Kier alpha value is -5.02. The van der Waals surface area contributed by atoms with Crippen molar-refractivity contribution in [2.75, 3.05) is 104 Å². The molecule has 0 spiro atoms. The number of nitrogens with one attached hydrogen (secondary N) is 2. The minimum absolute atomic E-state index is 0. The van der Waals surface area contributed by atoms with E-state index < -0.39 is 11.1 Å². The van der Waals surface area contributed by atoms with E-state index in [1.165, 1.54) is 12.8 Å². The van der Waals surface area contributed by atoms with Crippen molar-refractivity contribution >= 4 is 98.5 Å². The number of likely N-dealkylation sites (N-methyl/N-ethyl adjacent to an activating group) is 1. The van der Waals surface area contributed by atoms with Gasteiger partial charge in [-0.3, -0.25) is 38.6 Å². The first kappa shape index (κ1) is 127. The van der Waals surface area contributed by atoms with Crippen LogP contribution in [0, 0.1) is 11.8 Å². The summed E-state index contributed by atoms with van der Waals surface area (Å²) in [5, 5.41) is 19.1. The number of nitrogens with zero attached hydrogens (tertiary/aromatic N) is 16. The fourth-order valence-corrected chi connectivity index (χ4v) is 14.0. The molecule has 2 saturated heterocycles. The summed E-state index contributed by atoms with van der Waals surface area (Å²) in [5.74, 6) is 4.91. The minimum atomic E-state index is -0.737. The molecule has 3 aliphatic rings. The molecule has 43 heteroatoms. The molecule has 1 saturated carbocycles. The standard InChI is InChI=1S/C32H38N6O3.C30H36N6O4.C23H24N6O3.14Co.H2S/c1-32(2,31(39)22-9-11-33-12-10-22)38-20-23(17-35-38)30-18-34-28-8-7-24(15-29(28)36-30)37(19-21-5-6-21)25-13-26(40-3)16-27(14-25)41-4;1-30(2,3)40-29(37)35-11-7-8-22(35)19-36(23-12-24(38-5)15-25(13-23)39-6)21-9-10-26-27(14-21)33-28(17-31-26)20-16-32-34(4)18-20;1-24-23(30)14-29(17-7-18(31-3)10-19(8-17)32-4)16-5-6-20-21(9-16)27-22(12-25-20)15-11-26-28(2)13-15;;;;;;;;;;;;;;;/h7-8,13-18,20-22,33H,5-6,9-12,19H2,1-4H3;9-10,12-18,22H,7-8,11,19H2,1-6H3;5-13H,14H2,1-4H3,(H,24,30);;;;;;;;;;;;;;;1H2/t;22-;;;;;;;;;;;;;;;;/m.0................/s1. The number of methoxy groups -OCH3 is 6. The smallest absolute Gasteiger partial charge is 0.410 e. The van der Waals surface area contributed by atoms with Crippen molar-refractivity contribution in [3.05, 3.63) is 165 Å². The average molecular weight is 2390 g/mol. The Morgan fingerprint density at radius 3 is 1.15 bits per heavy atom. The van der Waals surface area contributed by atoms with Gasteiger partial charge < -0.3 is 63.4 Å². The number of hydrogen-bond donors (Lipinski definition) is 2. The van der Waals surface area contributed by atoms with E-state index in [4.69, 9.17) is 53.1 Å². The van der Waals surface area contributed by atoms with Crippen LogP contribution in [0.3, 0.4) is 0 Å². The Balaban J connectivity index is -0.00000174. The van der Waals surface area contributed by atoms with E-state index in [1.807, 2.05) is 168 Å². The van der Waals surface area contributed by atoms with Crippen molar-refractivity contribution in [1.82, 2.24) is 74.8 Å². The summed E-state index contributed by atoms with van der Waals surface area (Å²) in [6, 6.07) is 35.1. The number of fused-ring (bicyclic) bond motifs is 3. The molecule has 722 valence electrons. The second-order valence-electron chi connectivity index (χ2n) is 29.8. The number of piperidine rings is 1. The summed E-state index contributed by atoms with van der Waals surface area (Å²) in [5.41, 5.74) is 13.5. The van der Waals surface area contributed by atoms with E-state index in [2.05, 4.69) is 57.8 Å². The maximum Gasteiger partial charge on any atom is 0.410 e. The zero-order valence-corrected chi connectivity index (χ0v) is 87.3. The number of benzene rings is 6. The van der Waals surface area contributed by atoms with E-state index in [1.54, 1.807) is 107 Å². The first-order valence-electron chi connectivity index (χ1n) is 37.8. The normalized spacial score (nSPS) is 12.6. The van der Waals surface area contributed by atoms with Gasteiger partial charge in [0.1, 0.15) is 52.2 Å². The van der Waals surface area contributed by atoms with E-state index in [0.717, 1.165) is 152 Å². The van der Waals surface area contributed by atoms with Gasteiger partial charge in [0.25, 0.3) is 0 Å². The van der Waals surface area contributed by atoms with Gasteiger partial charge >= 0.3 is 6.09 Å². The summed E-state index contributed by atoms with van der Waals surface area (Å²) < 4.78 is 44.1. The van der Waals surface area contributed by atoms with Gasteiger partial charge in [-0.2, -0.15) is 28.8 Å². The van der Waals surface area contributed by atoms with Crippen molar-refractivity contribution in [1.29, 1.82) is 0 Å². The van der Waals surface area contributed by atoms with E-state index >= 15 is 0 Å². The second-order valence-corrected chi connectivity index (χ2v) is 29.8. The van der Waals surface area contributed by atoms with Crippen LogP contribution in [-0.2, 0) is 269 Å². The van der Waals surface area contributed by atoms with Gasteiger partial charge in [0.05, 0.1) is 136 Å². The topological polar surface area (TPSA) is 284 Å². The first-order valence-corrected chi connectivity index (χ1v) is 37.8. The average Bonchev–Trinajstić information content (AvgIpc) is 1.50. The predicted octanol–water partition coefficient (Wildman–Crippen LogP) is 14.0. The van der Waals surface area contributed by atoms with Gasteiger partial charge in [0.2, 0.25) is 5.91 Å². The largest absolute Gasteiger partial charge is 0.497 e. The molecule has 128 heavy (non-hydrogen) atoms. The van der Waals surface area contributed by atoms with E-state index in [-0.39, 0.29) is 285 Å². The number of amides is 2. The minimum Gasteiger partial charge on any atom is -0.497 e. The second kappa shape index (κ2) is 58.3. The molecule has 0 unspecified atom stereocenters. The number of carbonyl (C=O) groups is 3. The fourth-order valence-electron chi connectivity index (χ4n) is 14.0. The fraction of sp³-hybridized carbons (Fsp3) is 0.365. The Kier molecular flexibility index (Phi) is 57.9. The summed E-state index contributed by atoms with van der Waals surface area (Å²) in [7, 11) is 15.1. The van der Waals surface area contributed by atoms with Crippen LogP contribution in [0.4, 0.5) is 38.9 Å². The van der Waals surface area contributed by atoms with Gasteiger partial charge in [-0.1, -0.05) is 0 Å². The maximum atomic E-state index is 13.4. The zero-order valence-electron chi connectivity index (χ0n) is 71.7. The number of ether oxygens (including phenoxy) is 7. The molecule has 8 heterocycles. The summed E-state index contributed by atoms with van der Waals surface area (Å²) in [6.45, 7) is 13.6. The molecule has 28 nitrogen and oxygen atoms in total. The Bertz CT molecular complexity index is 5380. The van der Waals surface area contributed by atoms with E-state index in [0.29, 0.717) is 47.5 Å². The molecule has 1 aliphatic carbocycles. The van der Waals surface area contributed by atoms with Gasteiger partial charge in [-0.05, 0) is 147 Å². The molecule has 1 atom stereocenters. The third kappa shape index (κ3) is 32.4. The quantitative estimate of drug-likeness (QED) is 0.0568. The van der Waals surface area contributed by atoms with Crippen LogP contribution in [-0.4, -0.2) is 183 Å². The number of hydrogen-bond acceptors (Lipinski definition) is 23. The monoisotopic (exact) mass is 2390 g/mol. The molecule has 2 amide bonds. The molecule has 0 bridgehead atoms. The molecule has 14 radical (unpaired) electrons. The number of aromatic nitrogens is 12. The molecule has 6 aromatic carbocycles. The number of aryl methyl sites for hydroxylation is 2. The number of carbonyl (C=O) groups excluding carboxylic acids is 3. The van der Waals surface area contributed by atoms with Crippen molar-refractivity contribution in [2.45, 2.75) is 90.3 Å². The Morgan fingerprint density at radius 1 is 0.438 bits per heavy atom. The number of Topliss-reactive ketones (excluding diaryl/α,β-unsaturated/α-hetero) is 1. The third-order valence-electron chi connectivity index (χ3n) is 20.3. The van der Waals surface area contributed by atoms with Crippen molar-refractivity contribution in [3.8, 4) is 68.3 Å². The Labute approximate surface area is 899 Å². The summed E-state index contributed by atoms with van der Waals surface area (Å²) >= 11 is 0. The van der Waals surface area contributed by atoms with Crippen molar-refractivity contribution in [3.63, 3.8) is 0 Å². The molecule has 2 N–H and O–H groups in total. The number of rotatable bonds is 24. The summed E-state index contributed by atoms with van der Waals surface area (Å²) in [6.07, 6.45) is 22.0. The maximum absolute atomic E-state index is 13.4. The van der Waals surface area contributed by atoms with Gasteiger partial charge in [0, 0.05) is 406 Å². The van der Waals surface area contributed by atoms with Gasteiger partial charge in [-0.15, -0.1) is 0 Å².